The first-order chi connectivity index (χ1) is 8.11. The Morgan fingerprint density at radius 2 is 2.24 bits per heavy atom. The molecule has 0 spiro atoms. The zero-order valence-corrected chi connectivity index (χ0v) is 12.8. The molecule has 0 aliphatic heterocycles. The van der Waals surface area contributed by atoms with Gasteiger partial charge in [-0.25, -0.2) is 15.0 Å². The molecule has 0 radical (unpaired) electrons. The lowest BCUT2D eigenvalue weighted by molar-refractivity contribution is 0.869. The third-order valence-electron chi connectivity index (χ3n) is 2.10. The van der Waals surface area contributed by atoms with Crippen LogP contribution < -0.4 is 5.73 Å². The van der Waals surface area contributed by atoms with Gasteiger partial charge in [-0.1, -0.05) is 36.3 Å². The Morgan fingerprint density at radius 1 is 1.47 bits per heavy atom. The van der Waals surface area contributed by atoms with E-state index in [4.69, 9.17) is 17.3 Å². The molecule has 0 atom stereocenters. The molecular formula is C10H10ClIN4S. The summed E-state index contributed by atoms with van der Waals surface area (Å²) in [6, 6.07) is 0. The predicted molar refractivity (Wildman–Crippen MR) is 79.3 cm³/mol. The number of nitrogens with zero attached hydrogens (tertiary/aromatic N) is 3. The van der Waals surface area contributed by atoms with Gasteiger partial charge < -0.3 is 5.73 Å². The van der Waals surface area contributed by atoms with Gasteiger partial charge in [0.15, 0.2) is 10.8 Å². The van der Waals surface area contributed by atoms with Crippen molar-refractivity contribution in [2.75, 3.05) is 5.73 Å². The molecule has 0 aliphatic carbocycles. The standard InChI is InChI=1S/C10H10ClIN4S/c1-2-3-5-7(12)8(13)16-9(15-5)10-14-4-6(11)17-10/h4H,2-3H2,1H3,(H2,13,15,16). The largest absolute Gasteiger partial charge is 0.383 e. The SMILES string of the molecule is CCCc1nc(-c2ncc(Cl)s2)nc(N)c1I. The highest BCUT2D eigenvalue weighted by Gasteiger charge is 2.13. The second-order valence-corrected chi connectivity index (χ2v) is 6.15. The van der Waals surface area contributed by atoms with Crippen molar-refractivity contribution in [1.29, 1.82) is 0 Å². The topological polar surface area (TPSA) is 64.7 Å². The van der Waals surface area contributed by atoms with E-state index >= 15 is 0 Å². The minimum absolute atomic E-state index is 0.505. The zero-order valence-electron chi connectivity index (χ0n) is 9.07. The van der Waals surface area contributed by atoms with Gasteiger partial charge in [0.1, 0.15) is 10.2 Å². The fraction of sp³-hybridized carbons (Fsp3) is 0.300. The van der Waals surface area contributed by atoms with Crippen LogP contribution in [-0.2, 0) is 6.42 Å². The van der Waals surface area contributed by atoms with Crippen molar-refractivity contribution in [2.24, 2.45) is 0 Å². The van der Waals surface area contributed by atoms with Crippen molar-refractivity contribution in [3.05, 3.63) is 19.8 Å². The van der Waals surface area contributed by atoms with E-state index < -0.39 is 0 Å². The molecule has 2 rings (SSSR count). The summed E-state index contributed by atoms with van der Waals surface area (Å²) in [6.45, 7) is 2.11. The Bertz CT molecular complexity index is 543. The van der Waals surface area contributed by atoms with E-state index in [-0.39, 0.29) is 0 Å². The Hall–Kier alpha value is -0.470. The highest BCUT2D eigenvalue weighted by atomic mass is 127. The molecule has 2 N–H and O–H groups in total. The summed E-state index contributed by atoms with van der Waals surface area (Å²) in [6.07, 6.45) is 3.50. The maximum atomic E-state index is 5.88. The molecule has 0 aliphatic rings. The summed E-state index contributed by atoms with van der Waals surface area (Å²) < 4.78 is 1.55. The maximum absolute atomic E-state index is 5.88. The van der Waals surface area contributed by atoms with Crippen LogP contribution in [0.5, 0.6) is 0 Å². The summed E-state index contributed by atoms with van der Waals surface area (Å²) in [5.41, 5.74) is 6.86. The van der Waals surface area contributed by atoms with E-state index in [0.29, 0.717) is 21.0 Å². The molecule has 0 bridgehead atoms. The van der Waals surface area contributed by atoms with Crippen LogP contribution in [0.4, 0.5) is 5.82 Å². The first-order valence-corrected chi connectivity index (χ1v) is 7.32. The normalized spacial score (nSPS) is 10.8. The number of nitrogens with two attached hydrogens (primary N) is 1. The maximum Gasteiger partial charge on any atom is 0.191 e. The molecule has 0 saturated heterocycles. The highest BCUT2D eigenvalue weighted by Crippen LogP contribution is 2.28. The fourth-order valence-electron chi connectivity index (χ4n) is 1.37. The Labute approximate surface area is 122 Å². The number of hydrogen-bond donors (Lipinski definition) is 1. The zero-order chi connectivity index (χ0) is 12.4. The van der Waals surface area contributed by atoms with E-state index in [1.807, 2.05) is 0 Å². The van der Waals surface area contributed by atoms with E-state index in [2.05, 4.69) is 44.5 Å². The molecule has 0 unspecified atom stereocenters. The van der Waals surface area contributed by atoms with E-state index in [1.54, 1.807) is 6.20 Å². The van der Waals surface area contributed by atoms with Crippen molar-refractivity contribution >= 4 is 51.3 Å². The van der Waals surface area contributed by atoms with Gasteiger partial charge >= 0.3 is 0 Å². The van der Waals surface area contributed by atoms with E-state index in [9.17, 15) is 0 Å². The summed E-state index contributed by atoms with van der Waals surface area (Å²) in [4.78, 5) is 12.9. The van der Waals surface area contributed by atoms with Gasteiger partial charge in [-0.3, -0.25) is 0 Å². The molecule has 17 heavy (non-hydrogen) atoms. The fourth-order valence-corrected chi connectivity index (χ4v) is 2.73. The summed E-state index contributed by atoms with van der Waals surface area (Å²) >= 11 is 9.38. The minimum Gasteiger partial charge on any atom is -0.383 e. The van der Waals surface area contributed by atoms with Crippen LogP contribution in [-0.4, -0.2) is 15.0 Å². The third-order valence-corrected chi connectivity index (χ3v) is 4.39. The molecule has 2 aromatic rings. The van der Waals surface area contributed by atoms with Gasteiger partial charge in [-0.15, -0.1) is 0 Å². The smallest absolute Gasteiger partial charge is 0.191 e. The molecule has 0 amide bonds. The van der Waals surface area contributed by atoms with Crippen molar-refractivity contribution < 1.29 is 0 Å². The van der Waals surface area contributed by atoms with Crippen LogP contribution >= 0.6 is 45.5 Å². The molecule has 0 aromatic carbocycles. The summed E-state index contributed by atoms with van der Waals surface area (Å²) in [7, 11) is 0. The number of hydrogen-bond acceptors (Lipinski definition) is 5. The molecule has 0 saturated carbocycles. The lowest BCUT2D eigenvalue weighted by Crippen LogP contribution is -2.04. The Balaban J connectivity index is 2.48. The monoisotopic (exact) mass is 380 g/mol. The molecular weight excluding hydrogens is 371 g/mol. The lowest BCUT2D eigenvalue weighted by Gasteiger charge is -2.06. The van der Waals surface area contributed by atoms with E-state index in [1.165, 1.54) is 11.3 Å². The molecule has 2 heterocycles. The third kappa shape index (κ3) is 2.86. The number of aryl methyl sites for hydroxylation is 1. The van der Waals surface area contributed by atoms with Gasteiger partial charge in [0.2, 0.25) is 0 Å². The quantitative estimate of drug-likeness (QED) is 0.829. The molecule has 4 nitrogen and oxygen atoms in total. The van der Waals surface area contributed by atoms with E-state index in [0.717, 1.165) is 22.1 Å². The minimum atomic E-state index is 0.505. The molecule has 90 valence electrons. The van der Waals surface area contributed by atoms with Crippen molar-refractivity contribution in [2.45, 2.75) is 19.8 Å². The Morgan fingerprint density at radius 3 is 2.82 bits per heavy atom. The van der Waals surface area contributed by atoms with Crippen molar-refractivity contribution in [1.82, 2.24) is 15.0 Å². The van der Waals surface area contributed by atoms with Gasteiger partial charge in [-0.2, -0.15) is 0 Å². The van der Waals surface area contributed by atoms with Crippen molar-refractivity contribution in [3.63, 3.8) is 0 Å². The van der Waals surface area contributed by atoms with Crippen LogP contribution in [0.3, 0.4) is 0 Å². The van der Waals surface area contributed by atoms with Crippen molar-refractivity contribution in [3.8, 4) is 10.8 Å². The average molecular weight is 381 g/mol. The van der Waals surface area contributed by atoms with Crippen LogP contribution in [0.2, 0.25) is 4.34 Å². The number of rotatable bonds is 3. The predicted octanol–water partition coefficient (Wildman–Crippen LogP) is 3.39. The molecule has 0 fully saturated rings. The van der Waals surface area contributed by atoms with Crippen LogP contribution in [0.15, 0.2) is 6.20 Å². The average Bonchev–Trinajstić information content (AvgIpc) is 2.71. The number of halogens is 2. The molecule has 2 aromatic heterocycles. The number of anilines is 1. The van der Waals surface area contributed by atoms with Gasteiger partial charge in [0.25, 0.3) is 0 Å². The van der Waals surface area contributed by atoms with Gasteiger partial charge in [0, 0.05) is 0 Å². The first kappa shape index (κ1) is 13.0. The first-order valence-electron chi connectivity index (χ1n) is 5.05. The summed E-state index contributed by atoms with van der Waals surface area (Å²) in [5, 5.41) is 0.704. The number of aromatic nitrogens is 3. The Kier molecular flexibility index (Phi) is 4.16. The van der Waals surface area contributed by atoms with Crippen LogP contribution in [0, 0.1) is 3.57 Å². The number of thiazole rings is 1. The van der Waals surface area contributed by atoms with Gasteiger partial charge in [-0.05, 0) is 29.0 Å². The van der Waals surface area contributed by atoms with Crippen LogP contribution in [0.25, 0.3) is 10.8 Å². The number of nitrogen functional groups attached to an aromatic ring is 1. The van der Waals surface area contributed by atoms with Crippen LogP contribution in [0.1, 0.15) is 19.0 Å². The second kappa shape index (κ2) is 5.45. The second-order valence-electron chi connectivity index (χ2n) is 3.41. The molecule has 7 heteroatoms. The van der Waals surface area contributed by atoms with Gasteiger partial charge in [0.05, 0.1) is 15.5 Å². The summed E-state index contributed by atoms with van der Waals surface area (Å²) in [5.74, 6) is 1.06. The highest BCUT2D eigenvalue weighted by molar-refractivity contribution is 14.1. The lowest BCUT2D eigenvalue weighted by atomic mass is 10.2.